The van der Waals surface area contributed by atoms with Crippen molar-refractivity contribution in [3.8, 4) is 5.75 Å². The van der Waals surface area contributed by atoms with Gasteiger partial charge in [-0.3, -0.25) is 9.79 Å². The van der Waals surface area contributed by atoms with Gasteiger partial charge in [-0.05, 0) is 19.1 Å². The van der Waals surface area contributed by atoms with E-state index >= 15 is 0 Å². The molecule has 0 aliphatic rings. The molecule has 0 bridgehead atoms. The Labute approximate surface area is 179 Å². The summed E-state index contributed by atoms with van der Waals surface area (Å²) in [7, 11) is 1.89. The van der Waals surface area contributed by atoms with Gasteiger partial charge in [-0.2, -0.15) is 0 Å². The first-order valence-electron chi connectivity index (χ1n) is 8.90. The number of hydrogen-bond acceptors (Lipinski definition) is 3. The number of carbonyl (C=O) groups excluding carboxylic acids is 1. The maximum absolute atomic E-state index is 13.5. The van der Waals surface area contributed by atoms with Crippen molar-refractivity contribution in [3.05, 3.63) is 30.1 Å². The van der Waals surface area contributed by atoms with Crippen LogP contribution in [-0.4, -0.2) is 56.6 Å². The van der Waals surface area contributed by atoms with Crippen molar-refractivity contribution in [1.29, 1.82) is 0 Å². The van der Waals surface area contributed by atoms with Crippen LogP contribution < -0.4 is 15.4 Å². The number of ether oxygens (including phenoxy) is 1. The van der Waals surface area contributed by atoms with Crippen LogP contribution in [-0.2, 0) is 4.79 Å². The number of aliphatic imine (C=N–C) groups is 1. The second-order valence-corrected chi connectivity index (χ2v) is 6.94. The van der Waals surface area contributed by atoms with E-state index in [4.69, 9.17) is 4.74 Å². The smallest absolute Gasteiger partial charge is 0.225 e. The third kappa shape index (κ3) is 9.78. The number of guanidine groups is 1. The second-order valence-electron chi connectivity index (χ2n) is 6.94. The average molecular weight is 494 g/mol. The highest BCUT2D eigenvalue weighted by Gasteiger charge is 2.20. The molecule has 0 aliphatic carbocycles. The van der Waals surface area contributed by atoms with Crippen molar-refractivity contribution >= 4 is 35.8 Å². The molecule has 0 fully saturated rings. The first kappa shape index (κ1) is 25.4. The predicted octanol–water partition coefficient (Wildman–Crippen LogP) is 2.88. The number of benzene rings is 1. The number of carbonyl (C=O) groups is 1. The largest absolute Gasteiger partial charge is 0.489 e. The predicted molar refractivity (Wildman–Crippen MR) is 118 cm³/mol. The van der Waals surface area contributed by atoms with E-state index in [2.05, 4.69) is 15.6 Å². The molecular weight excluding hydrogens is 462 g/mol. The van der Waals surface area contributed by atoms with Gasteiger partial charge in [0.05, 0.1) is 13.1 Å². The first-order chi connectivity index (χ1) is 12.3. The number of nitrogens with zero attached hydrogens (tertiary/aromatic N) is 2. The number of halogens is 2. The lowest BCUT2D eigenvalue weighted by Crippen LogP contribution is -2.41. The Morgan fingerprint density at radius 3 is 2.52 bits per heavy atom. The van der Waals surface area contributed by atoms with Gasteiger partial charge in [0, 0.05) is 25.6 Å². The van der Waals surface area contributed by atoms with Crippen LogP contribution in [0.5, 0.6) is 5.75 Å². The molecule has 0 heterocycles. The summed E-state index contributed by atoms with van der Waals surface area (Å²) in [5, 5.41) is 6.07. The first-order valence-corrected chi connectivity index (χ1v) is 8.90. The molecule has 0 saturated heterocycles. The Morgan fingerprint density at radius 2 is 1.93 bits per heavy atom. The third-order valence-corrected chi connectivity index (χ3v) is 3.56. The summed E-state index contributed by atoms with van der Waals surface area (Å²) >= 11 is 0. The Hall–Kier alpha value is -1.58. The van der Waals surface area contributed by atoms with Gasteiger partial charge in [0.15, 0.2) is 17.5 Å². The molecule has 0 unspecified atom stereocenters. The minimum atomic E-state index is -0.408. The molecule has 0 spiro atoms. The summed E-state index contributed by atoms with van der Waals surface area (Å²) in [4.78, 5) is 18.2. The summed E-state index contributed by atoms with van der Waals surface area (Å²) in [6, 6.07) is 6.34. The van der Waals surface area contributed by atoms with Gasteiger partial charge in [0.25, 0.3) is 0 Å². The Balaban J connectivity index is 0.00000676. The van der Waals surface area contributed by atoms with E-state index in [9.17, 15) is 9.18 Å². The van der Waals surface area contributed by atoms with Crippen LogP contribution >= 0.6 is 24.0 Å². The molecule has 2 N–H and O–H groups in total. The maximum Gasteiger partial charge on any atom is 0.225 e. The number of hydrogen-bond donors (Lipinski definition) is 2. The summed E-state index contributed by atoms with van der Waals surface area (Å²) in [6.07, 6.45) is 0. The van der Waals surface area contributed by atoms with Gasteiger partial charge < -0.3 is 20.3 Å². The van der Waals surface area contributed by atoms with E-state index in [0.29, 0.717) is 26.2 Å². The van der Waals surface area contributed by atoms with Crippen molar-refractivity contribution in [1.82, 2.24) is 15.5 Å². The highest BCUT2D eigenvalue weighted by molar-refractivity contribution is 14.0. The van der Waals surface area contributed by atoms with Crippen LogP contribution in [0, 0.1) is 11.2 Å². The molecule has 1 rings (SSSR count). The second kappa shape index (κ2) is 12.7. The van der Waals surface area contributed by atoms with Gasteiger partial charge in [0.1, 0.15) is 6.61 Å². The fourth-order valence-electron chi connectivity index (χ4n) is 2.03. The number of likely N-dealkylation sites (N-methyl/N-ethyl adjacent to an activating group) is 1. The van der Waals surface area contributed by atoms with Crippen LogP contribution in [0.25, 0.3) is 0 Å². The van der Waals surface area contributed by atoms with Gasteiger partial charge >= 0.3 is 0 Å². The highest BCUT2D eigenvalue weighted by Crippen LogP contribution is 2.15. The fourth-order valence-corrected chi connectivity index (χ4v) is 2.03. The molecule has 0 atom stereocenters. The van der Waals surface area contributed by atoms with Gasteiger partial charge in [-0.25, -0.2) is 4.39 Å². The zero-order valence-electron chi connectivity index (χ0n) is 16.8. The Bertz CT molecular complexity index is 606. The molecule has 8 heteroatoms. The zero-order chi connectivity index (χ0) is 19.6. The fraction of sp³-hybridized carbons (Fsp3) is 0.579. The van der Waals surface area contributed by atoms with Crippen molar-refractivity contribution in [2.75, 3.05) is 39.8 Å². The van der Waals surface area contributed by atoms with E-state index in [1.54, 1.807) is 18.2 Å². The van der Waals surface area contributed by atoms with E-state index in [-0.39, 0.29) is 41.5 Å². The monoisotopic (exact) mass is 494 g/mol. The lowest BCUT2D eigenvalue weighted by molar-refractivity contribution is -0.128. The maximum atomic E-state index is 13.5. The molecule has 154 valence electrons. The summed E-state index contributed by atoms with van der Waals surface area (Å²) in [5.74, 6) is 0.594. The average Bonchev–Trinajstić information content (AvgIpc) is 2.58. The zero-order valence-corrected chi connectivity index (χ0v) is 19.2. The van der Waals surface area contributed by atoms with Crippen molar-refractivity contribution in [2.45, 2.75) is 27.7 Å². The van der Waals surface area contributed by atoms with Crippen LogP contribution in [0.2, 0.25) is 0 Å². The van der Waals surface area contributed by atoms with Crippen molar-refractivity contribution < 1.29 is 13.9 Å². The summed E-state index contributed by atoms with van der Waals surface area (Å²) in [5.41, 5.74) is -0.408. The SMILES string of the molecule is CCNC(=NCCNC(=O)C(C)(C)C)N(C)CCOc1ccccc1F.I. The summed E-state index contributed by atoms with van der Waals surface area (Å²) in [6.45, 7) is 10.2. The quantitative estimate of drug-likeness (QED) is 0.253. The van der Waals surface area contributed by atoms with E-state index < -0.39 is 5.41 Å². The molecule has 0 saturated carbocycles. The topological polar surface area (TPSA) is 66.0 Å². The lowest BCUT2D eigenvalue weighted by atomic mass is 9.96. The van der Waals surface area contributed by atoms with Crippen molar-refractivity contribution in [3.63, 3.8) is 0 Å². The number of rotatable bonds is 8. The Kier molecular flexibility index (Phi) is 12.0. The third-order valence-electron chi connectivity index (χ3n) is 3.56. The Morgan fingerprint density at radius 1 is 1.26 bits per heavy atom. The van der Waals surface area contributed by atoms with Crippen LogP contribution in [0.4, 0.5) is 4.39 Å². The molecule has 0 aromatic heterocycles. The number of para-hydroxylation sites is 1. The van der Waals surface area contributed by atoms with Gasteiger partial charge in [0.2, 0.25) is 5.91 Å². The molecule has 6 nitrogen and oxygen atoms in total. The van der Waals surface area contributed by atoms with E-state index in [1.165, 1.54) is 6.07 Å². The van der Waals surface area contributed by atoms with Crippen LogP contribution in [0.1, 0.15) is 27.7 Å². The molecule has 1 aromatic carbocycles. The summed E-state index contributed by atoms with van der Waals surface area (Å²) < 4.78 is 19.0. The number of nitrogens with one attached hydrogen (secondary N) is 2. The molecular formula is C19H32FIN4O2. The molecule has 0 aliphatic heterocycles. The molecule has 1 aromatic rings. The van der Waals surface area contributed by atoms with E-state index in [0.717, 1.165) is 12.5 Å². The van der Waals surface area contributed by atoms with Crippen LogP contribution in [0.15, 0.2) is 29.3 Å². The molecule has 0 radical (unpaired) electrons. The van der Waals surface area contributed by atoms with E-state index in [1.807, 2.05) is 39.6 Å². The van der Waals surface area contributed by atoms with Crippen molar-refractivity contribution in [2.24, 2.45) is 10.4 Å². The molecule has 1 amide bonds. The lowest BCUT2D eigenvalue weighted by Gasteiger charge is -2.22. The number of amides is 1. The highest BCUT2D eigenvalue weighted by atomic mass is 127. The molecule has 27 heavy (non-hydrogen) atoms. The minimum Gasteiger partial charge on any atom is -0.489 e. The normalized spacial score (nSPS) is 11.4. The van der Waals surface area contributed by atoms with Gasteiger partial charge in [-0.1, -0.05) is 32.9 Å². The van der Waals surface area contributed by atoms with Crippen LogP contribution in [0.3, 0.4) is 0 Å². The minimum absolute atomic E-state index is 0. The standard InChI is InChI=1S/C19H31FN4O2.HI/c1-6-21-18(23-12-11-22-17(25)19(2,3)4)24(5)13-14-26-16-10-8-7-9-15(16)20;/h7-10H,6,11-14H2,1-5H3,(H,21,23)(H,22,25);1H. The van der Waals surface area contributed by atoms with Gasteiger partial charge in [-0.15, -0.1) is 24.0 Å².